The molecule has 2 nitrogen and oxygen atoms in total. The number of rotatable bonds is 0. The third-order valence-corrected chi connectivity index (χ3v) is 0.683. The molecule has 1 aliphatic rings. The van der Waals surface area contributed by atoms with Crippen LogP contribution in [0.25, 0.3) is 0 Å². The summed E-state index contributed by atoms with van der Waals surface area (Å²) in [4.78, 5) is 9.87. The predicted octanol–water partition coefficient (Wildman–Crippen LogP) is -0.247. The van der Waals surface area contributed by atoms with Gasteiger partial charge in [0.2, 0.25) is 0 Å². The van der Waals surface area contributed by atoms with Gasteiger partial charge in [-0.25, -0.2) is 0 Å². The summed E-state index contributed by atoms with van der Waals surface area (Å²) in [5.41, 5.74) is 0. The second-order valence-electron chi connectivity index (χ2n) is 1.28. The first-order valence-electron chi connectivity index (χ1n) is 1.71. The molecule has 0 spiro atoms. The molecule has 0 heterocycles. The van der Waals surface area contributed by atoms with Crippen LogP contribution in [-0.2, 0) is 4.79 Å². The van der Waals surface area contributed by atoms with Gasteiger partial charge in [0.05, 0.1) is 6.42 Å². The Hall–Kier alpha value is 0.846. The van der Waals surface area contributed by atoms with Crippen molar-refractivity contribution in [2.75, 3.05) is 0 Å². The molecule has 0 bridgehead atoms. The Balaban J connectivity index is 0.000000360. The van der Waals surface area contributed by atoms with E-state index >= 15 is 0 Å². The Labute approximate surface area is 84.0 Å². The second kappa shape index (κ2) is 2.99. The Morgan fingerprint density at radius 1 is 1.71 bits per heavy atom. The first-order valence-corrected chi connectivity index (χ1v) is 1.71. The van der Waals surface area contributed by atoms with Crippen LogP contribution in [0.2, 0.25) is 0 Å². The molecule has 0 atom stereocenters. The number of aliphatic hydroxyl groups is 1. The maximum absolute atomic E-state index is 9.87. The third-order valence-electron chi connectivity index (χ3n) is 0.683. The molecule has 0 aromatic carbocycles. The summed E-state index contributed by atoms with van der Waals surface area (Å²) in [5, 5.41) is 8.26. The SMILES string of the molecule is O=C1C=C(O)C1.[KH]. The molecule has 0 amide bonds. The molecule has 0 aromatic heterocycles. The molecule has 0 aliphatic heterocycles. The second-order valence-corrected chi connectivity index (χ2v) is 1.28. The van der Waals surface area contributed by atoms with Crippen molar-refractivity contribution in [1.82, 2.24) is 0 Å². The quantitative estimate of drug-likeness (QED) is 0.452. The number of allylic oxidation sites excluding steroid dienone is 2. The normalized spacial score (nSPS) is 16.6. The average molecular weight is 124 g/mol. The summed E-state index contributed by atoms with van der Waals surface area (Å²) in [6.45, 7) is 0. The van der Waals surface area contributed by atoms with Crippen LogP contribution in [0, 0.1) is 0 Å². The van der Waals surface area contributed by atoms with Gasteiger partial charge in [0, 0.05) is 6.08 Å². The van der Waals surface area contributed by atoms with Crippen LogP contribution in [0.1, 0.15) is 6.42 Å². The van der Waals surface area contributed by atoms with E-state index in [1.165, 1.54) is 6.08 Å². The number of hydrogen-bond acceptors (Lipinski definition) is 2. The van der Waals surface area contributed by atoms with Crippen molar-refractivity contribution in [3.8, 4) is 0 Å². The topological polar surface area (TPSA) is 37.3 Å². The molecule has 7 heavy (non-hydrogen) atoms. The zero-order chi connectivity index (χ0) is 4.57. The minimum atomic E-state index is 0. The van der Waals surface area contributed by atoms with E-state index < -0.39 is 0 Å². The van der Waals surface area contributed by atoms with Crippen LogP contribution in [0.3, 0.4) is 0 Å². The number of aliphatic hydroxyl groups excluding tert-OH is 1. The molecule has 34 valence electrons. The molecular weight excluding hydrogens is 119 g/mol. The summed E-state index contributed by atoms with van der Waals surface area (Å²) in [5.74, 6) is 0.229. The Morgan fingerprint density at radius 2 is 2.14 bits per heavy atom. The average Bonchev–Trinajstić information content (AvgIpc) is 1.33. The van der Waals surface area contributed by atoms with Gasteiger partial charge in [0.15, 0.2) is 5.78 Å². The zero-order valence-corrected chi connectivity index (χ0v) is 3.14. The number of hydrogen-bond donors (Lipinski definition) is 1. The van der Waals surface area contributed by atoms with E-state index in [4.69, 9.17) is 5.11 Å². The molecule has 0 unspecified atom stereocenters. The number of carbonyl (C=O) groups excluding carboxylic acids is 1. The molecule has 0 fully saturated rings. The molecule has 1 N–H and O–H groups in total. The Kier molecular flexibility index (Phi) is 3.35. The molecule has 0 radical (unpaired) electrons. The predicted molar refractivity (Wildman–Crippen MR) is 27.5 cm³/mol. The van der Waals surface area contributed by atoms with Crippen molar-refractivity contribution in [2.24, 2.45) is 0 Å². The van der Waals surface area contributed by atoms with Crippen LogP contribution in [0.5, 0.6) is 0 Å². The molecular formula is C4H5KO2. The summed E-state index contributed by atoms with van der Waals surface area (Å²) >= 11 is 0. The summed E-state index contributed by atoms with van der Waals surface area (Å²) in [6, 6.07) is 0. The first-order chi connectivity index (χ1) is 2.79. The van der Waals surface area contributed by atoms with E-state index in [0.29, 0.717) is 0 Å². The molecule has 1 rings (SSSR count). The monoisotopic (exact) mass is 124 g/mol. The van der Waals surface area contributed by atoms with Crippen LogP contribution >= 0.6 is 0 Å². The van der Waals surface area contributed by atoms with E-state index in [9.17, 15) is 4.79 Å². The van der Waals surface area contributed by atoms with Gasteiger partial charge in [-0.05, 0) is 0 Å². The van der Waals surface area contributed by atoms with Crippen LogP contribution in [-0.4, -0.2) is 62.3 Å². The zero-order valence-electron chi connectivity index (χ0n) is 3.14. The van der Waals surface area contributed by atoms with Crippen molar-refractivity contribution < 1.29 is 9.90 Å². The van der Waals surface area contributed by atoms with Crippen molar-refractivity contribution in [2.45, 2.75) is 6.42 Å². The van der Waals surface area contributed by atoms with Gasteiger partial charge in [0.25, 0.3) is 0 Å². The van der Waals surface area contributed by atoms with E-state index in [0.717, 1.165) is 0 Å². The number of carbonyl (C=O) groups is 1. The standard InChI is InChI=1S/C4H4O2.K.H/c5-3-1-4(6)2-3;;/h1,5H,2H2;;. The van der Waals surface area contributed by atoms with Crippen molar-refractivity contribution in [3.63, 3.8) is 0 Å². The van der Waals surface area contributed by atoms with Crippen molar-refractivity contribution in [1.29, 1.82) is 0 Å². The molecule has 3 heteroatoms. The van der Waals surface area contributed by atoms with Gasteiger partial charge < -0.3 is 5.11 Å². The van der Waals surface area contributed by atoms with Gasteiger partial charge in [-0.3, -0.25) is 4.79 Å². The van der Waals surface area contributed by atoms with Gasteiger partial charge in [-0.1, -0.05) is 0 Å². The first kappa shape index (κ1) is 7.85. The van der Waals surface area contributed by atoms with E-state index in [1.54, 1.807) is 0 Å². The van der Waals surface area contributed by atoms with E-state index in [2.05, 4.69) is 0 Å². The molecule has 0 saturated carbocycles. The van der Waals surface area contributed by atoms with Crippen LogP contribution in [0.4, 0.5) is 0 Å². The van der Waals surface area contributed by atoms with Gasteiger partial charge in [0.1, 0.15) is 5.76 Å². The van der Waals surface area contributed by atoms with Crippen LogP contribution < -0.4 is 0 Å². The summed E-state index contributed by atoms with van der Waals surface area (Å²) in [7, 11) is 0. The molecule has 0 aromatic rings. The fraction of sp³-hybridized carbons (Fsp3) is 0.250. The Morgan fingerprint density at radius 3 is 2.14 bits per heavy atom. The minimum absolute atomic E-state index is 0. The summed E-state index contributed by atoms with van der Waals surface area (Å²) < 4.78 is 0. The number of ketones is 1. The van der Waals surface area contributed by atoms with Gasteiger partial charge >= 0.3 is 51.4 Å². The third kappa shape index (κ3) is 2.05. The van der Waals surface area contributed by atoms with Gasteiger partial charge in [-0.2, -0.15) is 0 Å². The van der Waals surface area contributed by atoms with Gasteiger partial charge in [-0.15, -0.1) is 0 Å². The maximum atomic E-state index is 9.87. The Bertz CT molecular complexity index is 117. The van der Waals surface area contributed by atoms with E-state index in [-0.39, 0.29) is 69.3 Å². The summed E-state index contributed by atoms with van der Waals surface area (Å²) in [6.07, 6.45) is 1.47. The molecule has 1 aliphatic carbocycles. The van der Waals surface area contributed by atoms with Crippen molar-refractivity contribution >= 4 is 57.2 Å². The fourth-order valence-corrected chi connectivity index (χ4v) is 0.335. The fourth-order valence-electron chi connectivity index (χ4n) is 0.335. The van der Waals surface area contributed by atoms with Crippen LogP contribution in [0.15, 0.2) is 11.8 Å². The van der Waals surface area contributed by atoms with Crippen molar-refractivity contribution in [3.05, 3.63) is 11.8 Å². The van der Waals surface area contributed by atoms with E-state index in [1.807, 2.05) is 0 Å². The molecule has 0 saturated heterocycles.